The van der Waals surface area contributed by atoms with Gasteiger partial charge >= 0.3 is 0 Å². The van der Waals surface area contributed by atoms with Gasteiger partial charge in [0.2, 0.25) is 5.38 Å². The number of rotatable bonds is 0. The molecule has 0 saturated carbocycles. The van der Waals surface area contributed by atoms with Gasteiger partial charge in [-0.3, -0.25) is 0 Å². The van der Waals surface area contributed by atoms with Crippen LogP contribution in [0.15, 0.2) is 5.38 Å². The molecule has 0 N–H and O–H groups in total. The predicted molar refractivity (Wildman–Crippen MR) is 36.4 cm³/mol. The summed E-state index contributed by atoms with van der Waals surface area (Å²) in [6.45, 7) is 2.01. The fourth-order valence-electron chi connectivity index (χ4n) is 0.251. The Labute approximate surface area is 54.8 Å². The number of hydrogen-bond acceptors (Lipinski definition) is 1. The molecule has 0 fully saturated rings. The van der Waals surface area contributed by atoms with Crippen molar-refractivity contribution in [3.63, 3.8) is 0 Å². The second kappa shape index (κ2) is 2.07. The Morgan fingerprint density at radius 3 is 2.71 bits per heavy atom. The van der Waals surface area contributed by atoms with Crippen molar-refractivity contribution in [2.75, 3.05) is 0 Å². The van der Waals surface area contributed by atoms with E-state index in [1.54, 1.807) is 20.7 Å². The third-order valence-electron chi connectivity index (χ3n) is 0.656. The lowest BCUT2D eigenvalue weighted by atomic mass is 10.5. The molecular formula is C4H4ClS2+. The van der Waals surface area contributed by atoms with Gasteiger partial charge < -0.3 is 0 Å². The van der Waals surface area contributed by atoms with Crippen LogP contribution in [0, 0.1) is 6.92 Å². The number of aryl methyl sites for hydroxylation is 1. The van der Waals surface area contributed by atoms with Gasteiger partial charge in [-0.2, -0.15) is 0 Å². The van der Waals surface area contributed by atoms with Gasteiger partial charge in [0.25, 0.3) is 10.3 Å². The van der Waals surface area contributed by atoms with Crippen molar-refractivity contribution in [2.24, 2.45) is 0 Å². The smallest absolute Gasteiger partial charge is 0.0667 e. The third kappa shape index (κ3) is 1.12. The maximum atomic E-state index is 5.65. The van der Waals surface area contributed by atoms with Crippen LogP contribution in [0.4, 0.5) is 0 Å². The highest BCUT2D eigenvalue weighted by atomic mass is 35.5. The molecule has 0 radical (unpaired) electrons. The Bertz CT molecular complexity index is 142. The van der Waals surface area contributed by atoms with E-state index in [2.05, 4.69) is 0 Å². The largest absolute Gasteiger partial charge is 0.293 e. The van der Waals surface area contributed by atoms with Gasteiger partial charge in [0.15, 0.2) is 14.7 Å². The summed E-state index contributed by atoms with van der Waals surface area (Å²) < 4.78 is 0.921. The van der Waals surface area contributed by atoms with E-state index < -0.39 is 0 Å². The molecule has 0 saturated heterocycles. The number of halogens is 1. The van der Waals surface area contributed by atoms with E-state index in [9.17, 15) is 0 Å². The lowest BCUT2D eigenvalue weighted by Gasteiger charge is -1.68. The van der Waals surface area contributed by atoms with Crippen molar-refractivity contribution in [3.05, 3.63) is 15.3 Å². The molecule has 0 atom stereocenters. The summed E-state index contributed by atoms with van der Waals surface area (Å²) in [5, 5.41) is 2.05. The second-order valence-corrected chi connectivity index (χ2v) is 3.94. The number of hydrogen-bond donors (Lipinski definition) is 0. The summed E-state index contributed by atoms with van der Waals surface area (Å²) in [7, 11) is 3.29. The van der Waals surface area contributed by atoms with Crippen LogP contribution in [-0.4, -0.2) is 0 Å². The zero-order chi connectivity index (χ0) is 5.28. The van der Waals surface area contributed by atoms with E-state index in [0.29, 0.717) is 0 Å². The van der Waals surface area contributed by atoms with Crippen LogP contribution < -0.4 is 0 Å². The maximum Gasteiger partial charge on any atom is 0.293 e. The highest BCUT2D eigenvalue weighted by Crippen LogP contribution is 2.25. The average molecular weight is 152 g/mol. The monoisotopic (exact) mass is 151 g/mol. The van der Waals surface area contributed by atoms with Crippen molar-refractivity contribution in [1.82, 2.24) is 0 Å². The quantitative estimate of drug-likeness (QED) is 0.395. The molecule has 0 amide bonds. The van der Waals surface area contributed by atoms with E-state index in [4.69, 9.17) is 11.6 Å². The minimum absolute atomic E-state index is 0.921. The molecule has 7 heavy (non-hydrogen) atoms. The standard InChI is InChI=1S/C4H4ClS2/c1-3-2-6-7-4(3)5/h2H,1H3/q+1. The minimum atomic E-state index is 0.921. The fraction of sp³-hybridized carbons (Fsp3) is 0.250. The Morgan fingerprint density at radius 2 is 2.57 bits per heavy atom. The van der Waals surface area contributed by atoms with E-state index in [1.807, 2.05) is 12.3 Å². The molecule has 0 aliphatic rings. The molecule has 0 unspecified atom stereocenters. The molecule has 1 aromatic heterocycles. The summed E-state index contributed by atoms with van der Waals surface area (Å²) in [5.41, 5.74) is 1.19. The van der Waals surface area contributed by atoms with Crippen LogP contribution >= 0.6 is 32.3 Å². The first-order chi connectivity index (χ1) is 3.30. The lowest BCUT2D eigenvalue weighted by molar-refractivity contribution is 1.58. The van der Waals surface area contributed by atoms with Crippen LogP contribution in [0.25, 0.3) is 0 Å². The first kappa shape index (κ1) is 5.48. The summed E-state index contributed by atoms with van der Waals surface area (Å²) in [6, 6.07) is 0. The summed E-state index contributed by atoms with van der Waals surface area (Å²) >= 11 is 5.65. The van der Waals surface area contributed by atoms with E-state index in [-0.39, 0.29) is 0 Å². The molecule has 0 spiro atoms. The fourth-order valence-corrected chi connectivity index (χ4v) is 2.58. The molecule has 1 aromatic rings. The van der Waals surface area contributed by atoms with Gasteiger partial charge in [-0.25, -0.2) is 0 Å². The summed E-state index contributed by atoms with van der Waals surface area (Å²) in [4.78, 5) is 0. The summed E-state index contributed by atoms with van der Waals surface area (Å²) in [6.07, 6.45) is 0. The van der Waals surface area contributed by atoms with Crippen LogP contribution in [0.3, 0.4) is 0 Å². The predicted octanol–water partition coefficient (Wildman–Crippen LogP) is 3.05. The van der Waals surface area contributed by atoms with Gasteiger partial charge in [0, 0.05) is 5.56 Å². The molecule has 0 bridgehead atoms. The molecule has 0 nitrogen and oxygen atoms in total. The minimum Gasteiger partial charge on any atom is -0.0667 e. The van der Waals surface area contributed by atoms with Crippen molar-refractivity contribution in [1.29, 1.82) is 0 Å². The van der Waals surface area contributed by atoms with Crippen molar-refractivity contribution < 1.29 is 0 Å². The molecule has 1 heterocycles. The first-order valence-electron chi connectivity index (χ1n) is 1.83. The lowest BCUT2D eigenvalue weighted by Crippen LogP contribution is -1.54. The van der Waals surface area contributed by atoms with Gasteiger partial charge in [-0.15, -0.1) is 0 Å². The molecule has 38 valence electrons. The average Bonchev–Trinajstić information content (AvgIpc) is 1.91. The van der Waals surface area contributed by atoms with Gasteiger partial charge in [-0.1, -0.05) is 11.6 Å². The Balaban J connectivity index is 3.12. The van der Waals surface area contributed by atoms with E-state index in [0.717, 1.165) is 4.34 Å². The van der Waals surface area contributed by atoms with Crippen LogP contribution in [-0.2, 0) is 0 Å². The van der Waals surface area contributed by atoms with Crippen molar-refractivity contribution >= 4 is 32.3 Å². The van der Waals surface area contributed by atoms with Crippen molar-refractivity contribution in [3.8, 4) is 0 Å². The highest BCUT2D eigenvalue weighted by molar-refractivity contribution is 7.69. The molecule has 0 aliphatic carbocycles. The topological polar surface area (TPSA) is 0 Å². The first-order valence-corrected chi connectivity index (χ1v) is 4.43. The van der Waals surface area contributed by atoms with Crippen LogP contribution in [0.2, 0.25) is 4.34 Å². The van der Waals surface area contributed by atoms with Crippen molar-refractivity contribution in [2.45, 2.75) is 6.92 Å². The van der Waals surface area contributed by atoms with Crippen LogP contribution in [0.1, 0.15) is 5.56 Å². The molecular weight excluding hydrogens is 148 g/mol. The SMILES string of the molecule is Cc1c[s+]sc1Cl. The Hall–Kier alpha value is 0.340. The second-order valence-electron chi connectivity index (χ2n) is 1.25. The zero-order valence-electron chi connectivity index (χ0n) is 3.77. The Kier molecular flexibility index (Phi) is 1.62. The zero-order valence-corrected chi connectivity index (χ0v) is 6.16. The van der Waals surface area contributed by atoms with E-state index >= 15 is 0 Å². The Morgan fingerprint density at radius 1 is 1.86 bits per heavy atom. The molecule has 0 aromatic carbocycles. The normalized spacial score (nSPS) is 9.43. The van der Waals surface area contributed by atoms with E-state index in [1.165, 1.54) is 5.56 Å². The molecule has 3 heteroatoms. The summed E-state index contributed by atoms with van der Waals surface area (Å²) in [5.74, 6) is 0. The van der Waals surface area contributed by atoms with Gasteiger partial charge in [-0.05, 0) is 6.92 Å². The maximum absolute atomic E-state index is 5.65. The van der Waals surface area contributed by atoms with Gasteiger partial charge in [0.1, 0.15) is 0 Å². The van der Waals surface area contributed by atoms with Crippen LogP contribution in [0.5, 0.6) is 0 Å². The third-order valence-corrected chi connectivity index (χ3v) is 3.55. The molecule has 0 aliphatic heterocycles. The highest BCUT2D eigenvalue weighted by Gasteiger charge is 2.03. The molecule has 1 rings (SSSR count). The van der Waals surface area contributed by atoms with Gasteiger partial charge in [0.05, 0.1) is 0 Å².